The summed E-state index contributed by atoms with van der Waals surface area (Å²) in [7, 11) is 0. The second-order valence-corrected chi connectivity index (χ2v) is 6.75. The van der Waals surface area contributed by atoms with Gasteiger partial charge in [-0.05, 0) is 53.8 Å². The molecular formula is C21H22N4O2. The zero-order chi connectivity index (χ0) is 19.2. The number of hydrogen-bond acceptors (Lipinski definition) is 4. The van der Waals surface area contributed by atoms with Gasteiger partial charge in [-0.15, -0.1) is 0 Å². The Hall–Kier alpha value is -3.41. The first-order valence-electron chi connectivity index (χ1n) is 8.78. The number of nitrogens with zero attached hydrogens (tertiary/aromatic N) is 2. The third kappa shape index (κ3) is 5.04. The highest BCUT2D eigenvalue weighted by Gasteiger charge is 2.10. The van der Waals surface area contributed by atoms with Gasteiger partial charge in [0.25, 0.3) is 5.91 Å². The molecule has 3 aromatic rings. The molecule has 1 heterocycles. The maximum atomic E-state index is 12.2. The summed E-state index contributed by atoms with van der Waals surface area (Å²) in [5.74, 6) is 0.414. The van der Waals surface area contributed by atoms with E-state index in [4.69, 9.17) is 0 Å². The van der Waals surface area contributed by atoms with E-state index < -0.39 is 0 Å². The maximum absolute atomic E-state index is 12.2. The van der Waals surface area contributed by atoms with E-state index in [2.05, 4.69) is 46.7 Å². The fourth-order valence-corrected chi connectivity index (χ4v) is 2.65. The molecule has 0 bridgehead atoms. The number of amides is 1. The van der Waals surface area contributed by atoms with Crippen LogP contribution in [0.15, 0.2) is 59.7 Å². The normalized spacial score (nSPS) is 11.2. The number of hydrogen-bond donors (Lipinski definition) is 3. The molecule has 3 N–H and O–H groups in total. The first-order valence-corrected chi connectivity index (χ1v) is 8.78. The average molecular weight is 362 g/mol. The number of hydrazone groups is 1. The van der Waals surface area contributed by atoms with Crippen LogP contribution >= 0.6 is 0 Å². The Morgan fingerprint density at radius 2 is 1.89 bits per heavy atom. The first kappa shape index (κ1) is 18.4. The Kier molecular flexibility index (Phi) is 5.66. The molecule has 0 aliphatic heterocycles. The molecule has 1 amide bonds. The Balaban J connectivity index is 1.62. The minimum Gasteiger partial charge on any atom is -0.508 e. The highest BCUT2D eigenvalue weighted by molar-refractivity contribution is 5.94. The molecule has 0 fully saturated rings. The molecule has 6 heteroatoms. The highest BCUT2D eigenvalue weighted by atomic mass is 16.3. The molecule has 0 spiro atoms. The van der Waals surface area contributed by atoms with E-state index in [1.54, 1.807) is 30.3 Å². The number of aromatic hydroxyl groups is 1. The van der Waals surface area contributed by atoms with Crippen molar-refractivity contribution >= 4 is 12.1 Å². The minimum atomic E-state index is -0.375. The predicted octanol–water partition coefficient (Wildman–Crippen LogP) is 3.74. The number of carbonyl (C=O) groups is 1. The molecule has 0 aliphatic rings. The lowest BCUT2D eigenvalue weighted by atomic mass is 10.0. The van der Waals surface area contributed by atoms with Crippen molar-refractivity contribution in [3.05, 3.63) is 71.4 Å². The lowest BCUT2D eigenvalue weighted by Crippen LogP contribution is -2.17. The Labute approximate surface area is 158 Å². The van der Waals surface area contributed by atoms with Crippen LogP contribution in [-0.2, 0) is 6.42 Å². The third-order valence-electron chi connectivity index (χ3n) is 3.99. The third-order valence-corrected chi connectivity index (χ3v) is 3.99. The van der Waals surface area contributed by atoms with E-state index in [9.17, 15) is 9.90 Å². The van der Waals surface area contributed by atoms with Crippen LogP contribution in [-0.4, -0.2) is 27.4 Å². The van der Waals surface area contributed by atoms with Gasteiger partial charge in [0, 0.05) is 5.56 Å². The number of phenols is 1. The number of phenolic OH excluding ortho intramolecular Hbond substituents is 1. The van der Waals surface area contributed by atoms with Gasteiger partial charge >= 0.3 is 0 Å². The fourth-order valence-electron chi connectivity index (χ4n) is 2.65. The van der Waals surface area contributed by atoms with E-state index in [-0.39, 0.29) is 11.7 Å². The van der Waals surface area contributed by atoms with Crippen LogP contribution in [0.5, 0.6) is 5.75 Å². The first-order chi connectivity index (χ1) is 13.0. The number of aromatic nitrogens is 2. The van der Waals surface area contributed by atoms with Crippen LogP contribution < -0.4 is 5.43 Å². The summed E-state index contributed by atoms with van der Waals surface area (Å²) in [4.78, 5) is 12.2. The van der Waals surface area contributed by atoms with Crippen LogP contribution in [0, 0.1) is 5.92 Å². The van der Waals surface area contributed by atoms with Gasteiger partial charge in [-0.3, -0.25) is 9.89 Å². The van der Waals surface area contributed by atoms with Crippen molar-refractivity contribution in [3.8, 4) is 17.0 Å². The number of benzene rings is 2. The largest absolute Gasteiger partial charge is 0.508 e. The Bertz CT molecular complexity index is 926. The molecule has 0 radical (unpaired) electrons. The Morgan fingerprint density at radius 3 is 2.56 bits per heavy atom. The lowest BCUT2D eigenvalue weighted by molar-refractivity contribution is 0.0950. The number of nitrogens with one attached hydrogen (secondary N) is 2. The maximum Gasteiger partial charge on any atom is 0.289 e. The summed E-state index contributed by atoms with van der Waals surface area (Å²) in [6, 6.07) is 16.4. The van der Waals surface area contributed by atoms with Gasteiger partial charge in [-0.2, -0.15) is 10.2 Å². The van der Waals surface area contributed by atoms with E-state index in [1.807, 2.05) is 12.1 Å². The van der Waals surface area contributed by atoms with E-state index >= 15 is 0 Å². The standard InChI is InChI=1S/C21H22N4O2/c1-14(2)11-15-3-7-17(8-4-15)19-12-20(24-23-19)21(27)25-22-13-16-5-9-18(26)10-6-16/h3-10,12-14,26H,11H2,1-2H3,(H,23,24)(H,25,27)/b22-13-. The summed E-state index contributed by atoms with van der Waals surface area (Å²) < 4.78 is 0. The van der Waals surface area contributed by atoms with E-state index in [0.717, 1.165) is 17.5 Å². The molecule has 0 aliphatic carbocycles. The van der Waals surface area contributed by atoms with Crippen molar-refractivity contribution in [2.24, 2.45) is 11.0 Å². The van der Waals surface area contributed by atoms with Crippen LogP contribution in [0.2, 0.25) is 0 Å². The Morgan fingerprint density at radius 1 is 1.19 bits per heavy atom. The van der Waals surface area contributed by atoms with Gasteiger partial charge in [0.15, 0.2) is 0 Å². The van der Waals surface area contributed by atoms with Crippen molar-refractivity contribution in [3.63, 3.8) is 0 Å². The van der Waals surface area contributed by atoms with Gasteiger partial charge in [-0.1, -0.05) is 38.1 Å². The van der Waals surface area contributed by atoms with Gasteiger partial charge in [0.2, 0.25) is 0 Å². The molecule has 0 unspecified atom stereocenters. The molecule has 138 valence electrons. The quantitative estimate of drug-likeness (QED) is 0.461. The second-order valence-electron chi connectivity index (χ2n) is 6.75. The van der Waals surface area contributed by atoms with Gasteiger partial charge in [0.1, 0.15) is 11.4 Å². The average Bonchev–Trinajstić information content (AvgIpc) is 3.14. The van der Waals surface area contributed by atoms with Crippen molar-refractivity contribution < 1.29 is 9.90 Å². The fraction of sp³-hybridized carbons (Fsp3) is 0.190. The summed E-state index contributed by atoms with van der Waals surface area (Å²) in [5.41, 5.74) is 6.49. The SMILES string of the molecule is CC(C)Cc1ccc(-c2cc(C(=O)N/N=C\c3ccc(O)cc3)[nH]n2)cc1. The molecule has 6 nitrogen and oxygen atoms in total. The van der Waals surface area contributed by atoms with Crippen molar-refractivity contribution in [1.29, 1.82) is 0 Å². The number of H-pyrrole nitrogens is 1. The lowest BCUT2D eigenvalue weighted by Gasteiger charge is -2.05. The van der Waals surface area contributed by atoms with Crippen LogP contribution in [0.4, 0.5) is 0 Å². The van der Waals surface area contributed by atoms with Crippen molar-refractivity contribution in [2.45, 2.75) is 20.3 Å². The minimum absolute atomic E-state index is 0.179. The summed E-state index contributed by atoms with van der Waals surface area (Å²) in [6.07, 6.45) is 2.54. The monoisotopic (exact) mass is 362 g/mol. The number of carbonyl (C=O) groups excluding carboxylic acids is 1. The van der Waals surface area contributed by atoms with Crippen molar-refractivity contribution in [1.82, 2.24) is 15.6 Å². The summed E-state index contributed by atoms with van der Waals surface area (Å²) >= 11 is 0. The molecule has 0 saturated carbocycles. The highest BCUT2D eigenvalue weighted by Crippen LogP contribution is 2.19. The molecule has 0 atom stereocenters. The topological polar surface area (TPSA) is 90.4 Å². The van der Waals surface area contributed by atoms with Crippen LogP contribution in [0.1, 0.15) is 35.5 Å². The molecular weight excluding hydrogens is 340 g/mol. The zero-order valence-electron chi connectivity index (χ0n) is 15.3. The summed E-state index contributed by atoms with van der Waals surface area (Å²) in [5, 5.41) is 20.1. The summed E-state index contributed by atoms with van der Waals surface area (Å²) in [6.45, 7) is 4.38. The molecule has 0 saturated heterocycles. The van der Waals surface area contributed by atoms with Gasteiger partial charge < -0.3 is 5.11 Å². The molecule has 2 aromatic carbocycles. The van der Waals surface area contributed by atoms with Gasteiger partial charge in [0.05, 0.1) is 11.9 Å². The van der Waals surface area contributed by atoms with Crippen LogP contribution in [0.3, 0.4) is 0 Å². The second kappa shape index (κ2) is 8.31. The number of aromatic amines is 1. The van der Waals surface area contributed by atoms with Crippen molar-refractivity contribution in [2.75, 3.05) is 0 Å². The molecule has 27 heavy (non-hydrogen) atoms. The smallest absolute Gasteiger partial charge is 0.289 e. The van der Waals surface area contributed by atoms with Gasteiger partial charge in [-0.25, -0.2) is 5.43 Å². The van der Waals surface area contributed by atoms with Crippen LogP contribution in [0.25, 0.3) is 11.3 Å². The van der Waals surface area contributed by atoms with E-state index in [1.165, 1.54) is 11.8 Å². The number of rotatable bonds is 6. The zero-order valence-corrected chi connectivity index (χ0v) is 15.3. The molecule has 1 aromatic heterocycles. The predicted molar refractivity (Wildman–Crippen MR) is 106 cm³/mol. The van der Waals surface area contributed by atoms with E-state index in [0.29, 0.717) is 17.3 Å². The molecule has 3 rings (SSSR count).